The van der Waals surface area contributed by atoms with E-state index in [1.54, 1.807) is 31.4 Å². The number of methoxy groups -OCH3 is 1. The van der Waals surface area contributed by atoms with Gasteiger partial charge in [-0.05, 0) is 61.4 Å². The molecule has 2 aliphatic heterocycles. The van der Waals surface area contributed by atoms with Crippen LogP contribution in [0.2, 0.25) is 0 Å². The Morgan fingerprint density at radius 3 is 2.25 bits per heavy atom. The molecule has 0 unspecified atom stereocenters. The molecule has 2 fully saturated rings. The summed E-state index contributed by atoms with van der Waals surface area (Å²) in [4.78, 5) is 17.6. The van der Waals surface area contributed by atoms with Crippen LogP contribution in [0.5, 0.6) is 5.75 Å². The molecule has 4 rings (SSSR count). The van der Waals surface area contributed by atoms with Crippen molar-refractivity contribution in [2.24, 2.45) is 5.92 Å². The summed E-state index contributed by atoms with van der Waals surface area (Å²) in [7, 11) is -1.95. The molecular weight excluding hydrogens is 494 g/mol. The lowest BCUT2D eigenvalue weighted by Gasteiger charge is -2.39. The highest BCUT2D eigenvalue weighted by molar-refractivity contribution is 9.10. The number of nitrogens with zero attached hydrogens (tertiary/aromatic N) is 3. The maximum absolute atomic E-state index is 13.2. The van der Waals surface area contributed by atoms with Gasteiger partial charge in [0.25, 0.3) is 0 Å². The number of ether oxygens (including phenoxy) is 1. The SMILES string of the molecule is COc1ccc(N2CCN(C(=O)[C@@H]3CCCN(S(=O)(=O)c4ccc(Br)cc4)C3)CC2)cc1. The molecule has 9 heteroatoms. The van der Waals surface area contributed by atoms with Crippen molar-refractivity contribution in [3.63, 3.8) is 0 Å². The molecule has 2 aromatic carbocycles. The fourth-order valence-corrected chi connectivity index (χ4v) is 6.14. The number of anilines is 1. The van der Waals surface area contributed by atoms with E-state index in [1.807, 2.05) is 29.2 Å². The zero-order valence-corrected chi connectivity index (χ0v) is 20.5. The molecule has 1 amide bonds. The molecule has 32 heavy (non-hydrogen) atoms. The number of amides is 1. The van der Waals surface area contributed by atoms with Crippen LogP contribution in [-0.4, -0.2) is 69.9 Å². The summed E-state index contributed by atoms with van der Waals surface area (Å²) in [5.74, 6) is 0.596. The Kier molecular flexibility index (Phi) is 7.07. The molecule has 0 spiro atoms. The van der Waals surface area contributed by atoms with Crippen molar-refractivity contribution in [1.82, 2.24) is 9.21 Å². The fraction of sp³-hybridized carbons (Fsp3) is 0.435. The van der Waals surface area contributed by atoms with Gasteiger partial charge in [0.05, 0.1) is 17.9 Å². The number of halogens is 1. The number of sulfonamides is 1. The molecule has 2 aromatic rings. The average Bonchev–Trinajstić information content (AvgIpc) is 2.84. The molecule has 2 saturated heterocycles. The van der Waals surface area contributed by atoms with Crippen molar-refractivity contribution >= 4 is 37.5 Å². The van der Waals surface area contributed by atoms with E-state index in [2.05, 4.69) is 20.8 Å². The number of rotatable bonds is 5. The Balaban J connectivity index is 1.36. The van der Waals surface area contributed by atoms with Gasteiger partial charge in [-0.25, -0.2) is 8.42 Å². The van der Waals surface area contributed by atoms with E-state index in [-0.39, 0.29) is 23.3 Å². The average molecular weight is 522 g/mol. The Hall–Kier alpha value is -2.10. The Morgan fingerprint density at radius 2 is 1.62 bits per heavy atom. The molecule has 0 saturated carbocycles. The molecule has 1 atom stereocenters. The molecule has 172 valence electrons. The lowest BCUT2D eigenvalue weighted by Crippen LogP contribution is -2.53. The van der Waals surface area contributed by atoms with Gasteiger partial charge in [0.2, 0.25) is 15.9 Å². The second-order valence-electron chi connectivity index (χ2n) is 8.17. The van der Waals surface area contributed by atoms with Crippen molar-refractivity contribution in [1.29, 1.82) is 0 Å². The lowest BCUT2D eigenvalue weighted by atomic mass is 9.97. The number of hydrogen-bond donors (Lipinski definition) is 0. The second-order valence-corrected chi connectivity index (χ2v) is 11.0. The topological polar surface area (TPSA) is 70.2 Å². The van der Waals surface area contributed by atoms with Crippen molar-refractivity contribution in [2.45, 2.75) is 17.7 Å². The number of piperazine rings is 1. The van der Waals surface area contributed by atoms with Crippen LogP contribution in [0.4, 0.5) is 5.69 Å². The quantitative estimate of drug-likeness (QED) is 0.604. The van der Waals surface area contributed by atoms with Crippen molar-refractivity contribution in [3.05, 3.63) is 53.0 Å². The fourth-order valence-electron chi connectivity index (χ4n) is 4.35. The molecule has 0 aliphatic carbocycles. The van der Waals surface area contributed by atoms with E-state index in [1.165, 1.54) is 4.31 Å². The summed E-state index contributed by atoms with van der Waals surface area (Å²) in [5.41, 5.74) is 1.11. The molecule has 7 nitrogen and oxygen atoms in total. The zero-order chi connectivity index (χ0) is 22.7. The van der Waals surface area contributed by atoms with Gasteiger partial charge in [-0.15, -0.1) is 0 Å². The van der Waals surface area contributed by atoms with Crippen LogP contribution < -0.4 is 9.64 Å². The van der Waals surface area contributed by atoms with Crippen LogP contribution in [0.25, 0.3) is 0 Å². The van der Waals surface area contributed by atoms with Crippen LogP contribution in [0, 0.1) is 5.92 Å². The van der Waals surface area contributed by atoms with Crippen LogP contribution >= 0.6 is 15.9 Å². The summed E-state index contributed by atoms with van der Waals surface area (Å²) in [5, 5.41) is 0. The standard InChI is InChI=1S/C23H28BrN3O4S/c1-31-21-8-6-20(7-9-21)25-13-15-26(16-14-25)23(28)18-3-2-12-27(17-18)32(29,30)22-10-4-19(24)5-11-22/h4-11,18H,2-3,12-17H2,1H3/t18-/m1/s1. The van der Waals surface area contributed by atoms with Crippen LogP contribution in [0.15, 0.2) is 57.9 Å². The predicted octanol–water partition coefficient (Wildman–Crippen LogP) is 3.21. The molecule has 2 heterocycles. The van der Waals surface area contributed by atoms with Gasteiger partial charge in [0, 0.05) is 49.4 Å². The minimum absolute atomic E-state index is 0.0649. The lowest BCUT2D eigenvalue weighted by molar-refractivity contribution is -0.137. The van der Waals surface area contributed by atoms with E-state index >= 15 is 0 Å². The highest BCUT2D eigenvalue weighted by atomic mass is 79.9. The number of carbonyl (C=O) groups is 1. The molecular formula is C23H28BrN3O4S. The van der Waals surface area contributed by atoms with Gasteiger partial charge in [0.15, 0.2) is 0 Å². The van der Waals surface area contributed by atoms with Gasteiger partial charge in [-0.1, -0.05) is 15.9 Å². The summed E-state index contributed by atoms with van der Waals surface area (Å²) < 4.78 is 33.6. The van der Waals surface area contributed by atoms with Crippen LogP contribution in [-0.2, 0) is 14.8 Å². The third kappa shape index (κ3) is 4.94. The van der Waals surface area contributed by atoms with Crippen molar-refractivity contribution in [3.8, 4) is 5.75 Å². The highest BCUT2D eigenvalue weighted by Gasteiger charge is 2.35. The van der Waals surface area contributed by atoms with Crippen LogP contribution in [0.3, 0.4) is 0 Å². The Bertz CT molecular complexity index is 1040. The first kappa shape index (κ1) is 23.1. The van der Waals surface area contributed by atoms with Crippen LogP contribution in [0.1, 0.15) is 12.8 Å². The molecule has 0 aromatic heterocycles. The maximum Gasteiger partial charge on any atom is 0.243 e. The third-order valence-corrected chi connectivity index (χ3v) is 8.62. The number of hydrogen-bond acceptors (Lipinski definition) is 5. The van der Waals surface area contributed by atoms with E-state index in [9.17, 15) is 13.2 Å². The summed E-state index contributed by atoms with van der Waals surface area (Å²) >= 11 is 3.34. The minimum Gasteiger partial charge on any atom is -0.497 e. The molecule has 0 radical (unpaired) electrons. The molecule has 2 aliphatic rings. The van der Waals surface area contributed by atoms with Gasteiger partial charge in [-0.2, -0.15) is 4.31 Å². The first-order valence-electron chi connectivity index (χ1n) is 10.8. The van der Waals surface area contributed by atoms with E-state index in [4.69, 9.17) is 4.74 Å². The molecule has 0 N–H and O–H groups in total. The monoisotopic (exact) mass is 521 g/mol. The highest BCUT2D eigenvalue weighted by Crippen LogP contribution is 2.27. The first-order chi connectivity index (χ1) is 15.4. The number of benzene rings is 2. The van der Waals surface area contributed by atoms with E-state index in [0.717, 1.165) is 35.4 Å². The van der Waals surface area contributed by atoms with Gasteiger partial charge in [0.1, 0.15) is 5.75 Å². The largest absolute Gasteiger partial charge is 0.497 e. The van der Waals surface area contributed by atoms with Gasteiger partial charge in [-0.3, -0.25) is 4.79 Å². The van der Waals surface area contributed by atoms with Gasteiger partial charge >= 0.3 is 0 Å². The second kappa shape index (κ2) is 9.80. The summed E-state index contributed by atoms with van der Waals surface area (Å²) in [6, 6.07) is 14.6. The van der Waals surface area contributed by atoms with Gasteiger partial charge < -0.3 is 14.5 Å². The maximum atomic E-state index is 13.2. The molecule has 0 bridgehead atoms. The summed E-state index contributed by atoms with van der Waals surface area (Å²) in [6.07, 6.45) is 1.42. The van der Waals surface area contributed by atoms with Crippen molar-refractivity contribution in [2.75, 3.05) is 51.3 Å². The summed E-state index contributed by atoms with van der Waals surface area (Å²) in [6.45, 7) is 3.49. The predicted molar refractivity (Wildman–Crippen MR) is 127 cm³/mol. The zero-order valence-electron chi connectivity index (χ0n) is 18.1. The first-order valence-corrected chi connectivity index (χ1v) is 13.1. The third-order valence-electron chi connectivity index (χ3n) is 6.21. The minimum atomic E-state index is -3.60. The number of carbonyl (C=O) groups excluding carboxylic acids is 1. The number of piperidine rings is 1. The van der Waals surface area contributed by atoms with E-state index in [0.29, 0.717) is 26.1 Å². The smallest absolute Gasteiger partial charge is 0.243 e. The normalized spacial score (nSPS) is 20.2. The Morgan fingerprint density at radius 1 is 0.969 bits per heavy atom. The van der Waals surface area contributed by atoms with E-state index < -0.39 is 10.0 Å². The van der Waals surface area contributed by atoms with Crippen molar-refractivity contribution < 1.29 is 17.9 Å². The Labute approximate surface area is 198 Å².